The Morgan fingerprint density at radius 2 is 2.04 bits per heavy atom. The standard InChI is InChI=1S/C21H24FNO/c1-14-6-4-5-7-19(14)15(2)12-21(24)23-11-10-17-8-9-18(22)13-20(17)16(23)3/h4-9,13,15-16H,10-12H2,1-3H3. The van der Waals surface area contributed by atoms with Crippen molar-refractivity contribution >= 4 is 5.91 Å². The summed E-state index contributed by atoms with van der Waals surface area (Å²) in [6, 6.07) is 13.1. The lowest BCUT2D eigenvalue weighted by Gasteiger charge is -2.36. The lowest BCUT2D eigenvalue weighted by molar-refractivity contribution is -0.134. The predicted molar refractivity (Wildman–Crippen MR) is 94.4 cm³/mol. The maximum absolute atomic E-state index is 13.6. The molecule has 2 unspecified atom stereocenters. The number of hydrogen-bond acceptors (Lipinski definition) is 1. The monoisotopic (exact) mass is 325 g/mol. The number of nitrogens with zero attached hydrogens (tertiary/aromatic N) is 1. The van der Waals surface area contributed by atoms with Gasteiger partial charge >= 0.3 is 0 Å². The second-order valence-corrected chi connectivity index (χ2v) is 6.82. The number of hydrogen-bond donors (Lipinski definition) is 0. The summed E-state index contributed by atoms with van der Waals surface area (Å²) >= 11 is 0. The lowest BCUT2D eigenvalue weighted by atomic mass is 9.90. The van der Waals surface area contributed by atoms with Crippen LogP contribution in [0.3, 0.4) is 0 Å². The van der Waals surface area contributed by atoms with E-state index in [0.29, 0.717) is 13.0 Å². The van der Waals surface area contributed by atoms with Gasteiger partial charge in [-0.3, -0.25) is 4.79 Å². The predicted octanol–water partition coefficient (Wildman–Crippen LogP) is 4.77. The fourth-order valence-electron chi connectivity index (χ4n) is 3.75. The third-order valence-corrected chi connectivity index (χ3v) is 5.17. The van der Waals surface area contributed by atoms with Gasteiger partial charge in [0.05, 0.1) is 6.04 Å². The van der Waals surface area contributed by atoms with Gasteiger partial charge in [-0.15, -0.1) is 0 Å². The minimum atomic E-state index is -0.233. The van der Waals surface area contributed by atoms with Gasteiger partial charge in [0.25, 0.3) is 0 Å². The number of fused-ring (bicyclic) bond motifs is 1. The van der Waals surface area contributed by atoms with Gasteiger partial charge in [0.2, 0.25) is 5.91 Å². The van der Waals surface area contributed by atoms with Crippen LogP contribution in [-0.4, -0.2) is 17.4 Å². The molecule has 0 N–H and O–H groups in total. The minimum absolute atomic E-state index is 0.0685. The first-order valence-corrected chi connectivity index (χ1v) is 8.60. The van der Waals surface area contributed by atoms with Crippen molar-refractivity contribution in [1.29, 1.82) is 0 Å². The topological polar surface area (TPSA) is 20.3 Å². The van der Waals surface area contributed by atoms with Gasteiger partial charge in [-0.25, -0.2) is 4.39 Å². The molecule has 0 spiro atoms. The van der Waals surface area contributed by atoms with Crippen molar-refractivity contribution in [3.8, 4) is 0 Å². The van der Waals surface area contributed by atoms with Crippen molar-refractivity contribution < 1.29 is 9.18 Å². The molecule has 24 heavy (non-hydrogen) atoms. The van der Waals surface area contributed by atoms with Crippen molar-refractivity contribution in [2.45, 2.75) is 45.6 Å². The fourth-order valence-corrected chi connectivity index (χ4v) is 3.75. The van der Waals surface area contributed by atoms with E-state index in [4.69, 9.17) is 0 Å². The smallest absolute Gasteiger partial charge is 0.223 e. The molecule has 126 valence electrons. The molecule has 2 nitrogen and oxygen atoms in total. The van der Waals surface area contributed by atoms with E-state index in [1.807, 2.05) is 30.0 Å². The van der Waals surface area contributed by atoms with Gasteiger partial charge in [0.15, 0.2) is 0 Å². The molecular weight excluding hydrogens is 301 g/mol. The Kier molecular flexibility index (Phi) is 4.70. The largest absolute Gasteiger partial charge is 0.336 e. The molecule has 1 aliphatic rings. The second-order valence-electron chi connectivity index (χ2n) is 6.82. The highest BCUT2D eigenvalue weighted by Crippen LogP contribution is 2.32. The quantitative estimate of drug-likeness (QED) is 0.796. The second kappa shape index (κ2) is 6.76. The van der Waals surface area contributed by atoms with E-state index in [9.17, 15) is 9.18 Å². The van der Waals surface area contributed by atoms with E-state index < -0.39 is 0 Å². The molecule has 0 radical (unpaired) electrons. The van der Waals surface area contributed by atoms with Gasteiger partial charge < -0.3 is 4.90 Å². The van der Waals surface area contributed by atoms with Crippen molar-refractivity contribution in [3.05, 3.63) is 70.5 Å². The molecule has 0 saturated carbocycles. The Morgan fingerprint density at radius 3 is 2.79 bits per heavy atom. The number of carbonyl (C=O) groups excluding carboxylic acids is 1. The highest BCUT2D eigenvalue weighted by molar-refractivity contribution is 5.78. The van der Waals surface area contributed by atoms with Crippen LogP contribution in [-0.2, 0) is 11.2 Å². The van der Waals surface area contributed by atoms with Gasteiger partial charge in [-0.05, 0) is 60.6 Å². The molecule has 2 atom stereocenters. The summed E-state index contributed by atoms with van der Waals surface area (Å²) < 4.78 is 13.6. The van der Waals surface area contributed by atoms with Crippen LogP contribution in [0.15, 0.2) is 42.5 Å². The first-order chi connectivity index (χ1) is 11.5. The van der Waals surface area contributed by atoms with Crippen LogP contribution in [0.1, 0.15) is 54.5 Å². The van der Waals surface area contributed by atoms with E-state index in [1.54, 1.807) is 6.07 Å². The molecule has 2 aromatic rings. The number of carbonyl (C=O) groups is 1. The molecule has 0 bridgehead atoms. The summed E-state index contributed by atoms with van der Waals surface area (Å²) in [5, 5.41) is 0. The summed E-state index contributed by atoms with van der Waals surface area (Å²) in [5.41, 5.74) is 4.54. The van der Waals surface area contributed by atoms with E-state index in [1.165, 1.54) is 17.2 Å². The molecule has 0 aliphatic carbocycles. The summed E-state index contributed by atoms with van der Waals surface area (Å²) in [5.74, 6) is 0.0937. The van der Waals surface area contributed by atoms with Gasteiger partial charge in [0.1, 0.15) is 5.82 Å². The highest BCUT2D eigenvalue weighted by Gasteiger charge is 2.28. The van der Waals surface area contributed by atoms with Gasteiger partial charge in [-0.2, -0.15) is 0 Å². The first kappa shape index (κ1) is 16.7. The molecule has 0 aromatic heterocycles. The number of halogens is 1. The molecule has 1 amide bonds. The summed E-state index contributed by atoms with van der Waals surface area (Å²) in [6.07, 6.45) is 1.28. The maximum atomic E-state index is 13.6. The fraction of sp³-hybridized carbons (Fsp3) is 0.381. The van der Waals surface area contributed by atoms with Gasteiger partial charge in [-0.1, -0.05) is 37.3 Å². The van der Waals surface area contributed by atoms with Crippen molar-refractivity contribution in [1.82, 2.24) is 4.90 Å². The third kappa shape index (κ3) is 3.21. The molecule has 0 saturated heterocycles. The van der Waals surface area contributed by atoms with Crippen LogP contribution in [0.5, 0.6) is 0 Å². The number of rotatable bonds is 3. The lowest BCUT2D eigenvalue weighted by Crippen LogP contribution is -2.39. The number of amides is 1. The number of benzene rings is 2. The Balaban J connectivity index is 1.75. The Bertz CT molecular complexity index is 755. The highest BCUT2D eigenvalue weighted by atomic mass is 19.1. The zero-order chi connectivity index (χ0) is 17.3. The molecule has 1 heterocycles. The Morgan fingerprint density at radius 1 is 1.29 bits per heavy atom. The van der Waals surface area contributed by atoms with Crippen LogP contribution in [0.25, 0.3) is 0 Å². The normalized spacial score (nSPS) is 18.2. The average Bonchev–Trinajstić information content (AvgIpc) is 2.56. The molecule has 2 aromatic carbocycles. The Labute approximate surface area is 143 Å². The summed E-state index contributed by atoms with van der Waals surface area (Å²) in [6.45, 7) is 6.88. The molecule has 0 fully saturated rings. The van der Waals surface area contributed by atoms with Crippen LogP contribution in [0.2, 0.25) is 0 Å². The van der Waals surface area contributed by atoms with Crippen LogP contribution in [0, 0.1) is 12.7 Å². The first-order valence-electron chi connectivity index (χ1n) is 8.60. The molecule has 3 heteroatoms. The maximum Gasteiger partial charge on any atom is 0.223 e. The molecular formula is C21H24FNO. The molecule has 3 rings (SSSR count). The average molecular weight is 325 g/mol. The van der Waals surface area contributed by atoms with Gasteiger partial charge in [0, 0.05) is 13.0 Å². The van der Waals surface area contributed by atoms with E-state index in [0.717, 1.165) is 17.5 Å². The van der Waals surface area contributed by atoms with E-state index >= 15 is 0 Å². The third-order valence-electron chi connectivity index (χ3n) is 5.17. The van der Waals surface area contributed by atoms with E-state index in [2.05, 4.69) is 26.0 Å². The zero-order valence-electron chi connectivity index (χ0n) is 14.6. The van der Waals surface area contributed by atoms with Crippen molar-refractivity contribution in [3.63, 3.8) is 0 Å². The molecule has 1 aliphatic heterocycles. The minimum Gasteiger partial charge on any atom is -0.336 e. The summed E-state index contributed by atoms with van der Waals surface area (Å²) in [4.78, 5) is 14.7. The Hall–Kier alpha value is -2.16. The van der Waals surface area contributed by atoms with Crippen LogP contribution >= 0.6 is 0 Å². The van der Waals surface area contributed by atoms with E-state index in [-0.39, 0.29) is 23.7 Å². The van der Waals surface area contributed by atoms with Crippen LogP contribution in [0.4, 0.5) is 4.39 Å². The summed E-state index contributed by atoms with van der Waals surface area (Å²) in [7, 11) is 0. The van der Waals surface area contributed by atoms with Crippen molar-refractivity contribution in [2.75, 3.05) is 6.54 Å². The SMILES string of the molecule is Cc1ccccc1C(C)CC(=O)N1CCc2ccc(F)cc2C1C. The number of aryl methyl sites for hydroxylation is 1. The van der Waals surface area contributed by atoms with Crippen LogP contribution < -0.4 is 0 Å². The van der Waals surface area contributed by atoms with Crippen molar-refractivity contribution in [2.24, 2.45) is 0 Å². The zero-order valence-corrected chi connectivity index (χ0v) is 14.6.